The van der Waals surface area contributed by atoms with Crippen LogP contribution in [0.1, 0.15) is 10.4 Å². The Morgan fingerprint density at radius 3 is 3.00 bits per heavy atom. The largest absolute Gasteiger partial charge is 0.332 e. The first-order valence-corrected chi connectivity index (χ1v) is 7.29. The Hall–Kier alpha value is -2.32. The molecule has 1 aromatic carbocycles. The second kappa shape index (κ2) is 5.23. The molecule has 0 radical (unpaired) electrons. The molecule has 8 heteroatoms. The number of thiazole rings is 1. The monoisotopic (exact) mass is 318 g/mol. The van der Waals surface area contributed by atoms with Gasteiger partial charge >= 0.3 is 0 Å². The van der Waals surface area contributed by atoms with Crippen LogP contribution in [-0.2, 0) is 7.05 Å². The third-order valence-electron chi connectivity index (χ3n) is 3.02. The van der Waals surface area contributed by atoms with E-state index in [0.29, 0.717) is 26.4 Å². The summed E-state index contributed by atoms with van der Waals surface area (Å²) in [5, 5.41) is 5.47. The van der Waals surface area contributed by atoms with Gasteiger partial charge in [-0.25, -0.2) is 4.98 Å². The molecule has 2 heterocycles. The average Bonchev–Trinajstić information content (AvgIpc) is 2.97. The third-order valence-corrected chi connectivity index (χ3v) is 4.08. The average molecular weight is 318 g/mol. The molecule has 106 valence electrons. The number of aromatic amines is 1. The van der Waals surface area contributed by atoms with Gasteiger partial charge in [0.15, 0.2) is 9.90 Å². The zero-order valence-corrected chi connectivity index (χ0v) is 12.5. The van der Waals surface area contributed by atoms with Crippen molar-refractivity contribution in [2.45, 2.75) is 0 Å². The molecule has 0 saturated heterocycles. The summed E-state index contributed by atoms with van der Waals surface area (Å²) in [5.74, 6) is -0.285. The van der Waals surface area contributed by atoms with Gasteiger partial charge in [0, 0.05) is 24.2 Å². The minimum absolute atomic E-state index is 0.194. The Labute approximate surface area is 128 Å². The summed E-state index contributed by atoms with van der Waals surface area (Å²) in [6.07, 6.45) is 1.61. The lowest BCUT2D eigenvalue weighted by Gasteiger charge is -2.05. The van der Waals surface area contributed by atoms with Gasteiger partial charge in [0.25, 0.3) is 11.5 Å². The van der Waals surface area contributed by atoms with E-state index < -0.39 is 0 Å². The van der Waals surface area contributed by atoms with Crippen molar-refractivity contribution in [3.05, 3.63) is 50.5 Å². The van der Waals surface area contributed by atoms with Gasteiger partial charge in [0.05, 0.1) is 10.9 Å². The van der Waals surface area contributed by atoms with Crippen molar-refractivity contribution in [3.63, 3.8) is 0 Å². The fourth-order valence-corrected chi connectivity index (χ4v) is 2.62. The zero-order valence-electron chi connectivity index (χ0n) is 10.9. The van der Waals surface area contributed by atoms with E-state index in [0.717, 1.165) is 0 Å². The van der Waals surface area contributed by atoms with Crippen LogP contribution in [0.3, 0.4) is 0 Å². The van der Waals surface area contributed by atoms with E-state index in [1.807, 2.05) is 0 Å². The number of anilines is 1. The van der Waals surface area contributed by atoms with Crippen LogP contribution in [0.5, 0.6) is 0 Å². The van der Waals surface area contributed by atoms with Gasteiger partial charge in [0.1, 0.15) is 0 Å². The quantitative estimate of drug-likeness (QED) is 0.711. The Bertz CT molecular complexity index is 941. The third kappa shape index (κ3) is 2.50. The smallest absolute Gasteiger partial charge is 0.261 e. The molecule has 0 unspecified atom stereocenters. The van der Waals surface area contributed by atoms with Crippen molar-refractivity contribution in [2.24, 2.45) is 7.05 Å². The van der Waals surface area contributed by atoms with Gasteiger partial charge in [-0.05, 0) is 30.4 Å². The van der Waals surface area contributed by atoms with Crippen LogP contribution in [0.25, 0.3) is 10.9 Å². The summed E-state index contributed by atoms with van der Waals surface area (Å²) in [7, 11) is 1.60. The minimum Gasteiger partial charge on any atom is -0.332 e. The lowest BCUT2D eigenvalue weighted by atomic mass is 10.1. The van der Waals surface area contributed by atoms with E-state index in [2.05, 4.69) is 15.3 Å². The number of benzene rings is 1. The number of nitrogens with one attached hydrogen (secondary N) is 2. The van der Waals surface area contributed by atoms with Crippen molar-refractivity contribution in [1.82, 2.24) is 14.5 Å². The molecular formula is C13H10N4O2S2. The fraction of sp³-hybridized carbons (Fsp3) is 0.0769. The summed E-state index contributed by atoms with van der Waals surface area (Å²) in [6, 6.07) is 4.82. The maximum Gasteiger partial charge on any atom is 0.261 e. The number of rotatable bonds is 2. The number of fused-ring (bicyclic) bond motifs is 1. The summed E-state index contributed by atoms with van der Waals surface area (Å²) in [5.41, 5.74) is 0.770. The number of amides is 1. The van der Waals surface area contributed by atoms with E-state index in [1.54, 1.807) is 36.8 Å². The highest BCUT2D eigenvalue weighted by Gasteiger charge is 2.10. The molecule has 0 spiro atoms. The zero-order chi connectivity index (χ0) is 15.0. The molecule has 2 N–H and O–H groups in total. The Kier molecular flexibility index (Phi) is 3.40. The number of hydrogen-bond acceptors (Lipinski definition) is 5. The van der Waals surface area contributed by atoms with Gasteiger partial charge in [-0.2, -0.15) is 0 Å². The standard InChI is InChI=1S/C13H10N4O2S2/c1-17-11(19)8-3-2-7(6-9(8)15-13(17)20)10(18)16-12-14-4-5-21-12/h2-6H,1H3,(H,15,20)(H,14,16,18). The van der Waals surface area contributed by atoms with E-state index >= 15 is 0 Å². The maximum atomic E-state index is 12.1. The number of carbonyl (C=O) groups is 1. The molecule has 1 amide bonds. The van der Waals surface area contributed by atoms with Crippen molar-refractivity contribution in [2.75, 3.05) is 5.32 Å². The molecule has 0 saturated carbocycles. The molecule has 3 rings (SSSR count). The molecule has 0 fully saturated rings. The summed E-state index contributed by atoms with van der Waals surface area (Å²) in [6.45, 7) is 0. The van der Waals surface area contributed by atoms with Crippen LogP contribution in [0.2, 0.25) is 0 Å². The van der Waals surface area contributed by atoms with Gasteiger partial charge in [-0.15, -0.1) is 11.3 Å². The molecule has 0 aliphatic carbocycles. The Morgan fingerprint density at radius 2 is 2.29 bits per heavy atom. The first-order valence-electron chi connectivity index (χ1n) is 6.00. The summed E-state index contributed by atoms with van der Waals surface area (Å²) < 4.78 is 1.66. The molecule has 0 aliphatic heterocycles. The van der Waals surface area contributed by atoms with Crippen LogP contribution in [-0.4, -0.2) is 20.4 Å². The highest BCUT2D eigenvalue weighted by molar-refractivity contribution is 7.71. The molecule has 0 aliphatic rings. The predicted octanol–water partition coefficient (Wildman–Crippen LogP) is 2.30. The van der Waals surface area contributed by atoms with Gasteiger partial charge in [-0.1, -0.05) is 0 Å². The van der Waals surface area contributed by atoms with Crippen molar-refractivity contribution in [3.8, 4) is 0 Å². The SMILES string of the molecule is Cn1c(=S)[nH]c2cc(C(=O)Nc3nccs3)ccc2c1=O. The van der Waals surface area contributed by atoms with Gasteiger partial charge in [0.2, 0.25) is 0 Å². The molecule has 0 atom stereocenters. The van der Waals surface area contributed by atoms with Crippen LogP contribution >= 0.6 is 23.6 Å². The fourth-order valence-electron chi connectivity index (χ4n) is 1.90. The van der Waals surface area contributed by atoms with Crippen LogP contribution in [0.15, 0.2) is 34.6 Å². The van der Waals surface area contributed by atoms with Crippen molar-refractivity contribution < 1.29 is 4.79 Å². The summed E-state index contributed by atoms with van der Waals surface area (Å²) >= 11 is 6.40. The van der Waals surface area contributed by atoms with E-state index in [-0.39, 0.29) is 11.5 Å². The first-order chi connectivity index (χ1) is 10.1. The highest BCUT2D eigenvalue weighted by Crippen LogP contribution is 2.15. The lowest BCUT2D eigenvalue weighted by Crippen LogP contribution is -2.19. The minimum atomic E-state index is -0.285. The van der Waals surface area contributed by atoms with Crippen molar-refractivity contribution in [1.29, 1.82) is 0 Å². The molecule has 6 nitrogen and oxygen atoms in total. The summed E-state index contributed by atoms with van der Waals surface area (Å²) in [4.78, 5) is 31.1. The Morgan fingerprint density at radius 1 is 1.48 bits per heavy atom. The van der Waals surface area contributed by atoms with E-state index in [4.69, 9.17) is 12.2 Å². The first kappa shape index (κ1) is 13.7. The van der Waals surface area contributed by atoms with Crippen LogP contribution < -0.4 is 10.9 Å². The second-order valence-electron chi connectivity index (χ2n) is 4.35. The lowest BCUT2D eigenvalue weighted by molar-refractivity contribution is 0.102. The molecule has 2 aromatic heterocycles. The van der Waals surface area contributed by atoms with Gasteiger partial charge < -0.3 is 4.98 Å². The number of carbonyl (C=O) groups excluding carboxylic acids is 1. The predicted molar refractivity (Wildman–Crippen MR) is 84.4 cm³/mol. The molecule has 3 aromatic rings. The number of hydrogen-bond donors (Lipinski definition) is 2. The Balaban J connectivity index is 2.05. The molecule has 0 bridgehead atoms. The number of aromatic nitrogens is 3. The van der Waals surface area contributed by atoms with Crippen molar-refractivity contribution >= 4 is 45.5 Å². The molecular weight excluding hydrogens is 308 g/mol. The van der Waals surface area contributed by atoms with E-state index in [1.165, 1.54) is 15.9 Å². The number of H-pyrrole nitrogens is 1. The van der Waals surface area contributed by atoms with Crippen LogP contribution in [0, 0.1) is 4.77 Å². The normalized spacial score (nSPS) is 10.7. The maximum absolute atomic E-state index is 12.1. The van der Waals surface area contributed by atoms with Gasteiger partial charge in [-0.3, -0.25) is 19.5 Å². The van der Waals surface area contributed by atoms with Crippen LogP contribution in [0.4, 0.5) is 5.13 Å². The highest BCUT2D eigenvalue weighted by atomic mass is 32.1. The van der Waals surface area contributed by atoms with E-state index in [9.17, 15) is 9.59 Å². The molecule has 21 heavy (non-hydrogen) atoms. The topological polar surface area (TPSA) is 79.8 Å². The second-order valence-corrected chi connectivity index (χ2v) is 5.63. The number of nitrogens with zero attached hydrogens (tertiary/aromatic N) is 2.